The second-order valence-electron chi connectivity index (χ2n) is 7.80. The molecule has 0 atom stereocenters. The second-order valence-corrected chi connectivity index (χ2v) is 7.80. The average Bonchev–Trinajstić information content (AvgIpc) is 3.07. The van der Waals surface area contributed by atoms with Gasteiger partial charge in [-0.2, -0.15) is 0 Å². The Morgan fingerprint density at radius 2 is 1.72 bits per heavy atom. The molecule has 1 aliphatic heterocycles. The van der Waals surface area contributed by atoms with E-state index in [1.165, 1.54) is 27.8 Å². The van der Waals surface area contributed by atoms with Crippen LogP contribution in [0.4, 0.5) is 5.69 Å². The maximum atomic E-state index is 13.1. The fourth-order valence-corrected chi connectivity index (χ4v) is 4.00. The quantitative estimate of drug-likeness (QED) is 0.621. The summed E-state index contributed by atoms with van der Waals surface area (Å²) in [6, 6.07) is 9.22. The molecule has 0 radical (unpaired) electrons. The van der Waals surface area contributed by atoms with Crippen molar-refractivity contribution >= 4 is 11.6 Å². The lowest BCUT2D eigenvalue weighted by Crippen LogP contribution is -2.14. The molecule has 32 heavy (non-hydrogen) atoms. The van der Waals surface area contributed by atoms with Gasteiger partial charge in [0.25, 0.3) is 5.91 Å². The third kappa shape index (κ3) is 4.12. The van der Waals surface area contributed by atoms with E-state index in [-0.39, 0.29) is 5.91 Å². The Balaban J connectivity index is 1.65. The SMILES string of the molecule is COc1cc(C(=O)Nc2cc(-c3nnc4n3CCCCC4)ccc2C)cc(OC)c1OC. The van der Waals surface area contributed by atoms with Gasteiger partial charge in [0.2, 0.25) is 5.75 Å². The highest BCUT2D eigenvalue weighted by Gasteiger charge is 2.19. The van der Waals surface area contributed by atoms with Gasteiger partial charge in [-0.3, -0.25) is 4.79 Å². The van der Waals surface area contributed by atoms with E-state index in [1.54, 1.807) is 12.1 Å². The van der Waals surface area contributed by atoms with Crippen LogP contribution in [0.15, 0.2) is 30.3 Å². The van der Waals surface area contributed by atoms with Crippen LogP contribution >= 0.6 is 0 Å². The average molecular weight is 437 g/mol. The monoisotopic (exact) mass is 436 g/mol. The van der Waals surface area contributed by atoms with E-state index in [1.807, 2.05) is 25.1 Å². The molecule has 4 rings (SSSR count). The maximum Gasteiger partial charge on any atom is 0.255 e. The van der Waals surface area contributed by atoms with Gasteiger partial charge in [0.15, 0.2) is 17.3 Å². The number of amides is 1. The van der Waals surface area contributed by atoms with Gasteiger partial charge in [0, 0.05) is 29.8 Å². The summed E-state index contributed by atoms with van der Waals surface area (Å²) >= 11 is 0. The van der Waals surface area contributed by atoms with Crippen molar-refractivity contribution in [2.45, 2.75) is 39.2 Å². The highest BCUT2D eigenvalue weighted by Crippen LogP contribution is 2.38. The lowest BCUT2D eigenvalue weighted by atomic mass is 10.1. The number of aryl methyl sites for hydroxylation is 2. The van der Waals surface area contributed by atoms with E-state index in [0.29, 0.717) is 28.5 Å². The minimum absolute atomic E-state index is 0.274. The Hall–Kier alpha value is -3.55. The first kappa shape index (κ1) is 21.7. The number of carbonyl (C=O) groups excluding carboxylic acids is 1. The Morgan fingerprint density at radius 1 is 0.969 bits per heavy atom. The Labute approximate surface area is 187 Å². The molecule has 0 bridgehead atoms. The number of hydrogen-bond donors (Lipinski definition) is 1. The number of nitrogens with one attached hydrogen (secondary N) is 1. The van der Waals surface area contributed by atoms with Crippen molar-refractivity contribution in [1.29, 1.82) is 0 Å². The zero-order chi connectivity index (χ0) is 22.7. The summed E-state index contributed by atoms with van der Waals surface area (Å²) in [6.45, 7) is 2.87. The molecule has 1 aliphatic rings. The molecule has 2 aromatic carbocycles. The van der Waals surface area contributed by atoms with Crippen molar-refractivity contribution in [3.8, 4) is 28.6 Å². The predicted octanol–water partition coefficient (Wildman–Crippen LogP) is 4.26. The normalized spacial score (nSPS) is 13.1. The molecular weight excluding hydrogens is 408 g/mol. The summed E-state index contributed by atoms with van der Waals surface area (Å²) in [6.07, 6.45) is 4.41. The fraction of sp³-hybridized carbons (Fsp3) is 0.375. The number of rotatable bonds is 6. The third-order valence-corrected chi connectivity index (χ3v) is 5.78. The number of nitrogens with zero attached hydrogens (tertiary/aromatic N) is 3. The number of benzene rings is 2. The molecule has 8 nitrogen and oxygen atoms in total. The minimum Gasteiger partial charge on any atom is -0.493 e. The number of fused-ring (bicyclic) bond motifs is 1. The van der Waals surface area contributed by atoms with Crippen LogP contribution in [0, 0.1) is 6.92 Å². The lowest BCUT2D eigenvalue weighted by molar-refractivity contribution is 0.102. The summed E-state index contributed by atoms with van der Waals surface area (Å²) < 4.78 is 18.3. The smallest absolute Gasteiger partial charge is 0.255 e. The van der Waals surface area contributed by atoms with Crippen LogP contribution in [0.3, 0.4) is 0 Å². The molecule has 1 N–H and O–H groups in total. The molecule has 1 aromatic heterocycles. The molecule has 0 saturated carbocycles. The first-order valence-electron chi connectivity index (χ1n) is 10.7. The molecule has 0 unspecified atom stereocenters. The largest absolute Gasteiger partial charge is 0.493 e. The Kier molecular flexibility index (Phi) is 6.30. The molecule has 2 heterocycles. The molecule has 0 fully saturated rings. The van der Waals surface area contributed by atoms with Gasteiger partial charge >= 0.3 is 0 Å². The van der Waals surface area contributed by atoms with Gasteiger partial charge in [-0.05, 0) is 43.5 Å². The number of anilines is 1. The van der Waals surface area contributed by atoms with Gasteiger partial charge in [-0.25, -0.2) is 0 Å². The first-order valence-corrected chi connectivity index (χ1v) is 10.7. The molecule has 8 heteroatoms. The highest BCUT2D eigenvalue weighted by atomic mass is 16.5. The van der Waals surface area contributed by atoms with E-state index in [4.69, 9.17) is 14.2 Å². The Bertz CT molecular complexity index is 1110. The van der Waals surface area contributed by atoms with Crippen molar-refractivity contribution in [2.24, 2.45) is 0 Å². The topological polar surface area (TPSA) is 87.5 Å². The highest BCUT2D eigenvalue weighted by molar-refractivity contribution is 6.05. The van der Waals surface area contributed by atoms with E-state index >= 15 is 0 Å². The van der Waals surface area contributed by atoms with E-state index in [2.05, 4.69) is 20.1 Å². The molecule has 0 aliphatic carbocycles. The number of aromatic nitrogens is 3. The van der Waals surface area contributed by atoms with E-state index in [0.717, 1.165) is 48.6 Å². The second kappa shape index (κ2) is 9.30. The minimum atomic E-state index is -0.274. The van der Waals surface area contributed by atoms with Crippen LogP contribution in [0.5, 0.6) is 17.2 Å². The summed E-state index contributed by atoms with van der Waals surface area (Å²) in [7, 11) is 4.57. The molecule has 1 amide bonds. The molecule has 0 saturated heterocycles. The van der Waals surface area contributed by atoms with Crippen LogP contribution in [0.25, 0.3) is 11.4 Å². The van der Waals surface area contributed by atoms with Gasteiger partial charge in [0.1, 0.15) is 5.82 Å². The Morgan fingerprint density at radius 3 is 2.41 bits per heavy atom. The number of methoxy groups -OCH3 is 3. The summed E-state index contributed by atoms with van der Waals surface area (Å²) in [5.41, 5.74) is 2.99. The third-order valence-electron chi connectivity index (χ3n) is 5.78. The summed E-state index contributed by atoms with van der Waals surface area (Å²) in [4.78, 5) is 13.1. The molecule has 0 spiro atoms. The van der Waals surface area contributed by atoms with Crippen LogP contribution in [-0.4, -0.2) is 42.0 Å². The van der Waals surface area contributed by atoms with Gasteiger partial charge in [0.05, 0.1) is 21.3 Å². The van der Waals surface area contributed by atoms with Crippen molar-refractivity contribution in [3.63, 3.8) is 0 Å². The van der Waals surface area contributed by atoms with Gasteiger partial charge in [-0.15, -0.1) is 10.2 Å². The van der Waals surface area contributed by atoms with Gasteiger partial charge < -0.3 is 24.1 Å². The van der Waals surface area contributed by atoms with Crippen LogP contribution in [-0.2, 0) is 13.0 Å². The zero-order valence-electron chi connectivity index (χ0n) is 18.9. The van der Waals surface area contributed by atoms with E-state index in [9.17, 15) is 4.79 Å². The molecule has 168 valence electrons. The van der Waals surface area contributed by atoms with Gasteiger partial charge in [-0.1, -0.05) is 18.6 Å². The predicted molar refractivity (Wildman–Crippen MR) is 122 cm³/mol. The van der Waals surface area contributed by atoms with Crippen molar-refractivity contribution in [1.82, 2.24) is 14.8 Å². The van der Waals surface area contributed by atoms with Crippen LogP contribution in [0.1, 0.15) is 41.0 Å². The van der Waals surface area contributed by atoms with E-state index < -0.39 is 0 Å². The number of carbonyl (C=O) groups is 1. The fourth-order valence-electron chi connectivity index (χ4n) is 4.00. The summed E-state index contributed by atoms with van der Waals surface area (Å²) in [5, 5.41) is 11.8. The zero-order valence-corrected chi connectivity index (χ0v) is 18.9. The standard InChI is InChI=1S/C24H28N4O4/c1-15-9-10-16(23-27-26-21-8-6-5-7-11-28(21)23)12-18(15)25-24(29)17-13-19(30-2)22(32-4)20(14-17)31-3/h9-10,12-14H,5-8,11H2,1-4H3,(H,25,29). The van der Waals surface area contributed by atoms with Crippen molar-refractivity contribution < 1.29 is 19.0 Å². The lowest BCUT2D eigenvalue weighted by Gasteiger charge is -2.15. The van der Waals surface area contributed by atoms with Crippen LogP contribution in [0.2, 0.25) is 0 Å². The summed E-state index contributed by atoms with van der Waals surface area (Å²) in [5.74, 6) is 2.88. The maximum absolute atomic E-state index is 13.1. The van der Waals surface area contributed by atoms with Crippen LogP contribution < -0.4 is 19.5 Å². The molecule has 3 aromatic rings. The van der Waals surface area contributed by atoms with Crippen molar-refractivity contribution in [2.75, 3.05) is 26.6 Å². The first-order chi connectivity index (χ1) is 15.5. The number of ether oxygens (including phenoxy) is 3. The van der Waals surface area contributed by atoms with Crippen molar-refractivity contribution in [3.05, 3.63) is 47.3 Å². The number of hydrogen-bond acceptors (Lipinski definition) is 6. The molecular formula is C24H28N4O4.